The highest BCUT2D eigenvalue weighted by Gasteiger charge is 2.45. The summed E-state index contributed by atoms with van der Waals surface area (Å²) in [6, 6.07) is 7.83. The number of amides is 1. The first kappa shape index (κ1) is 16.2. The average Bonchev–Trinajstić information content (AvgIpc) is 3.16. The van der Waals surface area contributed by atoms with Crippen LogP contribution in [0.3, 0.4) is 0 Å². The molecular weight excluding hydrogens is 338 g/mol. The van der Waals surface area contributed by atoms with Crippen molar-refractivity contribution in [3.63, 3.8) is 0 Å². The molecule has 1 aliphatic carbocycles. The molecule has 0 radical (unpaired) electrons. The molecule has 3 nitrogen and oxygen atoms in total. The van der Waals surface area contributed by atoms with Gasteiger partial charge in [0, 0.05) is 34.7 Å². The second-order valence-electron chi connectivity index (χ2n) is 6.43. The van der Waals surface area contributed by atoms with Gasteiger partial charge in [0.05, 0.1) is 4.08 Å². The molecule has 2 aromatic rings. The molecule has 1 fully saturated rings. The molecule has 1 N–H and O–H groups in total. The van der Waals surface area contributed by atoms with Crippen molar-refractivity contribution in [1.82, 2.24) is 0 Å². The van der Waals surface area contributed by atoms with Crippen molar-refractivity contribution in [2.75, 3.05) is 16.8 Å². The zero-order valence-corrected chi connectivity index (χ0v) is 15.6. The number of hydrogen-bond donors (Lipinski definition) is 1. The number of anilines is 1. The fraction of sp³-hybridized carbons (Fsp3) is 0.421. The fourth-order valence-corrected chi connectivity index (χ4v) is 7.27. The van der Waals surface area contributed by atoms with Crippen LogP contribution in [-0.2, 0) is 10.5 Å². The van der Waals surface area contributed by atoms with Crippen LogP contribution in [0.5, 0.6) is 0 Å². The van der Waals surface area contributed by atoms with Crippen LogP contribution < -0.4 is 5.32 Å². The minimum atomic E-state index is -0.139. The maximum Gasteiger partial charge on any atom is 0.291 e. The first-order valence-electron chi connectivity index (χ1n) is 8.38. The van der Waals surface area contributed by atoms with E-state index in [1.165, 1.54) is 23.5 Å². The van der Waals surface area contributed by atoms with Gasteiger partial charge in [0.1, 0.15) is 5.76 Å². The third-order valence-corrected chi connectivity index (χ3v) is 8.39. The summed E-state index contributed by atoms with van der Waals surface area (Å²) in [7, 11) is 0. The van der Waals surface area contributed by atoms with Gasteiger partial charge in [-0.25, -0.2) is 0 Å². The van der Waals surface area contributed by atoms with E-state index in [2.05, 4.69) is 5.32 Å². The minimum Gasteiger partial charge on any atom is -0.455 e. The van der Waals surface area contributed by atoms with Crippen LogP contribution in [0.25, 0.3) is 0 Å². The monoisotopic (exact) mass is 359 g/mol. The number of hydrogen-bond acceptors (Lipinski definition) is 4. The van der Waals surface area contributed by atoms with E-state index in [-0.39, 0.29) is 9.99 Å². The number of nitrogens with one attached hydrogen (secondary N) is 1. The summed E-state index contributed by atoms with van der Waals surface area (Å²) < 4.78 is 6.17. The van der Waals surface area contributed by atoms with E-state index in [4.69, 9.17) is 4.42 Å². The Morgan fingerprint density at radius 3 is 2.71 bits per heavy atom. The van der Waals surface area contributed by atoms with Crippen LogP contribution in [0.2, 0.25) is 0 Å². The van der Waals surface area contributed by atoms with Crippen molar-refractivity contribution in [3.05, 3.63) is 52.5 Å². The van der Waals surface area contributed by atoms with Crippen LogP contribution in [0, 0.1) is 13.8 Å². The van der Waals surface area contributed by atoms with E-state index in [0.29, 0.717) is 5.76 Å². The van der Waals surface area contributed by atoms with Crippen molar-refractivity contribution in [2.24, 2.45) is 0 Å². The van der Waals surface area contributed by atoms with Gasteiger partial charge in [-0.2, -0.15) is 0 Å². The summed E-state index contributed by atoms with van der Waals surface area (Å²) in [6.07, 6.45) is 3.25. The molecule has 24 heavy (non-hydrogen) atoms. The van der Waals surface area contributed by atoms with Gasteiger partial charge in [-0.3, -0.25) is 4.79 Å². The molecule has 5 heteroatoms. The van der Waals surface area contributed by atoms with Crippen molar-refractivity contribution >= 4 is 35.1 Å². The maximum absolute atomic E-state index is 12.8. The zero-order valence-electron chi connectivity index (χ0n) is 14.0. The average molecular weight is 360 g/mol. The molecule has 1 aromatic carbocycles. The molecule has 126 valence electrons. The Labute approximate surface area is 151 Å². The molecule has 0 unspecified atom stereocenters. The Hall–Kier alpha value is -1.33. The Balaban J connectivity index is 1.69. The fourth-order valence-electron chi connectivity index (χ4n) is 3.71. The van der Waals surface area contributed by atoms with Crippen LogP contribution in [0.15, 0.2) is 28.7 Å². The second-order valence-corrected chi connectivity index (χ2v) is 9.47. The highest BCUT2D eigenvalue weighted by atomic mass is 32.2. The summed E-state index contributed by atoms with van der Waals surface area (Å²) in [6.45, 7) is 4.04. The lowest BCUT2D eigenvalue weighted by Gasteiger charge is -2.31. The summed E-state index contributed by atoms with van der Waals surface area (Å²) in [5.74, 6) is 3.73. The second kappa shape index (κ2) is 6.19. The number of carbonyl (C=O) groups is 1. The molecule has 2 aliphatic rings. The van der Waals surface area contributed by atoms with Crippen LogP contribution in [0.4, 0.5) is 5.69 Å². The topological polar surface area (TPSA) is 42.2 Å². The number of para-hydroxylation sites is 1. The molecule has 1 aromatic heterocycles. The maximum atomic E-state index is 12.8. The lowest BCUT2D eigenvalue weighted by atomic mass is 9.94. The predicted molar refractivity (Wildman–Crippen MR) is 102 cm³/mol. The van der Waals surface area contributed by atoms with Crippen molar-refractivity contribution in [1.29, 1.82) is 0 Å². The highest BCUT2D eigenvalue weighted by Crippen LogP contribution is 2.59. The van der Waals surface area contributed by atoms with Crippen LogP contribution >= 0.6 is 23.5 Å². The van der Waals surface area contributed by atoms with Crippen molar-refractivity contribution in [3.8, 4) is 0 Å². The largest absolute Gasteiger partial charge is 0.455 e. The van der Waals surface area contributed by atoms with E-state index >= 15 is 0 Å². The Bertz CT molecular complexity index is 791. The Morgan fingerprint density at radius 1 is 1.21 bits per heavy atom. The normalized spacial score (nSPS) is 18.6. The molecule has 0 bridgehead atoms. The number of fused-ring (bicyclic) bond motifs is 2. The Kier molecular flexibility index (Phi) is 4.17. The summed E-state index contributed by atoms with van der Waals surface area (Å²) in [4.78, 5) is 12.8. The smallest absolute Gasteiger partial charge is 0.291 e. The van der Waals surface area contributed by atoms with Gasteiger partial charge < -0.3 is 9.73 Å². The van der Waals surface area contributed by atoms with Gasteiger partial charge in [0.25, 0.3) is 5.91 Å². The molecule has 0 saturated carbocycles. The molecule has 1 saturated heterocycles. The SMILES string of the molecule is Cc1ccccc1NC(=O)c1oc2c(c1C)C1(CCC2)SCCS1. The first-order chi connectivity index (χ1) is 11.6. The molecule has 2 heterocycles. The van der Waals surface area contributed by atoms with E-state index < -0.39 is 0 Å². The van der Waals surface area contributed by atoms with Crippen molar-refractivity contribution < 1.29 is 9.21 Å². The van der Waals surface area contributed by atoms with Gasteiger partial charge in [-0.1, -0.05) is 18.2 Å². The lowest BCUT2D eigenvalue weighted by molar-refractivity contribution is 0.0994. The molecule has 4 rings (SSSR count). The van der Waals surface area contributed by atoms with Gasteiger partial charge in [-0.15, -0.1) is 23.5 Å². The summed E-state index contributed by atoms with van der Waals surface area (Å²) >= 11 is 4.05. The number of benzene rings is 1. The van der Waals surface area contributed by atoms with E-state index in [1.54, 1.807) is 0 Å². The first-order valence-corrected chi connectivity index (χ1v) is 10.4. The minimum absolute atomic E-state index is 0.113. The number of thioether (sulfide) groups is 2. The summed E-state index contributed by atoms with van der Waals surface area (Å²) in [5.41, 5.74) is 4.21. The van der Waals surface area contributed by atoms with Crippen molar-refractivity contribution in [2.45, 2.75) is 37.2 Å². The number of carbonyl (C=O) groups excluding carboxylic acids is 1. The quantitative estimate of drug-likeness (QED) is 0.808. The molecule has 1 amide bonds. The van der Waals surface area contributed by atoms with Gasteiger partial charge in [0.15, 0.2) is 5.76 Å². The third-order valence-electron chi connectivity index (χ3n) is 4.86. The van der Waals surface area contributed by atoms with Crippen LogP contribution in [0.1, 0.15) is 45.8 Å². The number of furan rings is 1. The number of aryl methyl sites for hydroxylation is 2. The molecule has 1 spiro atoms. The lowest BCUT2D eigenvalue weighted by Crippen LogP contribution is -2.21. The van der Waals surface area contributed by atoms with E-state index in [1.807, 2.05) is 61.6 Å². The third kappa shape index (κ3) is 2.58. The van der Waals surface area contributed by atoms with Gasteiger partial charge >= 0.3 is 0 Å². The zero-order chi connectivity index (χ0) is 16.7. The van der Waals surface area contributed by atoms with Crippen LogP contribution in [-0.4, -0.2) is 17.4 Å². The van der Waals surface area contributed by atoms with Gasteiger partial charge in [-0.05, 0) is 38.3 Å². The number of rotatable bonds is 2. The molecular formula is C19H21NO2S2. The standard InChI is InChI=1S/C19H21NO2S2/c1-12-6-3-4-7-14(12)20-18(21)17-13(2)16-15(22-17)8-5-9-19(16)23-10-11-24-19/h3-4,6-7H,5,8-11H2,1-2H3,(H,20,21). The molecule has 0 atom stereocenters. The van der Waals surface area contributed by atoms with Gasteiger partial charge in [0.2, 0.25) is 0 Å². The summed E-state index contributed by atoms with van der Waals surface area (Å²) in [5, 5.41) is 3.01. The van der Waals surface area contributed by atoms with E-state index in [0.717, 1.165) is 35.4 Å². The highest BCUT2D eigenvalue weighted by molar-refractivity contribution is 8.20. The molecule has 1 aliphatic heterocycles. The predicted octanol–water partition coefficient (Wildman–Crippen LogP) is 5.12. The van der Waals surface area contributed by atoms with E-state index in [9.17, 15) is 4.79 Å². The Morgan fingerprint density at radius 2 is 1.96 bits per heavy atom.